The van der Waals surface area contributed by atoms with Gasteiger partial charge in [-0.15, -0.1) is 11.3 Å². The molecular weight excluding hydrogens is 282 g/mol. The maximum atomic E-state index is 12.6. The van der Waals surface area contributed by atoms with Crippen LogP contribution in [0.3, 0.4) is 0 Å². The largest absolute Gasteiger partial charge is 0.397 e. The van der Waals surface area contributed by atoms with Crippen LogP contribution >= 0.6 is 11.3 Å². The Morgan fingerprint density at radius 3 is 2.76 bits per heavy atom. The molecule has 2 aromatic heterocycles. The van der Waals surface area contributed by atoms with Crippen LogP contribution in [0.15, 0.2) is 6.07 Å². The summed E-state index contributed by atoms with van der Waals surface area (Å²) in [6.07, 6.45) is 3.32. The Hall–Kier alpha value is -1.62. The van der Waals surface area contributed by atoms with Gasteiger partial charge >= 0.3 is 0 Å². The fourth-order valence-corrected chi connectivity index (χ4v) is 3.78. The molecule has 0 aromatic carbocycles. The zero-order valence-electron chi connectivity index (χ0n) is 13.2. The Morgan fingerprint density at radius 2 is 2.10 bits per heavy atom. The lowest BCUT2D eigenvalue weighted by Crippen LogP contribution is -2.27. The highest BCUT2D eigenvalue weighted by atomic mass is 32.1. The van der Waals surface area contributed by atoms with Gasteiger partial charge in [-0.25, -0.2) is 0 Å². The van der Waals surface area contributed by atoms with E-state index in [2.05, 4.69) is 11.9 Å². The van der Waals surface area contributed by atoms with E-state index in [9.17, 15) is 4.79 Å². The lowest BCUT2D eigenvalue weighted by Gasteiger charge is -2.16. The standard InChI is InChI=1S/C16H23N3OS/c1-5-6-7-8-19(4)16(20)15-14(17)13-11(3)18-10(2)9-12(13)21-15/h9H,5-8,17H2,1-4H3. The normalized spacial score (nSPS) is 11.0. The van der Waals surface area contributed by atoms with Crippen molar-refractivity contribution in [3.63, 3.8) is 0 Å². The third kappa shape index (κ3) is 3.18. The first-order valence-corrected chi connectivity index (χ1v) is 8.19. The van der Waals surface area contributed by atoms with Crippen molar-refractivity contribution in [2.45, 2.75) is 40.0 Å². The average molecular weight is 305 g/mol. The summed E-state index contributed by atoms with van der Waals surface area (Å²) in [5.74, 6) is 0.0156. The molecule has 114 valence electrons. The Balaban J connectivity index is 2.32. The first-order valence-electron chi connectivity index (χ1n) is 7.37. The second-order valence-electron chi connectivity index (χ2n) is 5.50. The smallest absolute Gasteiger partial charge is 0.265 e. The molecular formula is C16H23N3OS. The van der Waals surface area contributed by atoms with Gasteiger partial charge in [-0.1, -0.05) is 19.8 Å². The molecule has 1 amide bonds. The molecule has 0 unspecified atom stereocenters. The van der Waals surface area contributed by atoms with E-state index in [-0.39, 0.29) is 5.91 Å². The molecule has 0 fully saturated rings. The van der Waals surface area contributed by atoms with Crippen LogP contribution in [0.2, 0.25) is 0 Å². The first kappa shape index (κ1) is 15.8. The number of nitrogen functional groups attached to an aromatic ring is 1. The monoisotopic (exact) mass is 305 g/mol. The second kappa shape index (κ2) is 6.43. The molecule has 0 spiro atoms. The molecule has 21 heavy (non-hydrogen) atoms. The van der Waals surface area contributed by atoms with Crippen molar-refractivity contribution in [2.24, 2.45) is 0 Å². The van der Waals surface area contributed by atoms with Gasteiger partial charge in [-0.3, -0.25) is 9.78 Å². The third-order valence-electron chi connectivity index (χ3n) is 3.66. The maximum absolute atomic E-state index is 12.6. The number of anilines is 1. The molecule has 2 heterocycles. The molecule has 5 heteroatoms. The maximum Gasteiger partial charge on any atom is 0.265 e. The topological polar surface area (TPSA) is 59.2 Å². The summed E-state index contributed by atoms with van der Waals surface area (Å²) < 4.78 is 1.04. The van der Waals surface area contributed by atoms with Gasteiger partial charge in [0.15, 0.2) is 0 Å². The van der Waals surface area contributed by atoms with Crippen LogP contribution in [-0.4, -0.2) is 29.4 Å². The number of fused-ring (bicyclic) bond motifs is 1. The van der Waals surface area contributed by atoms with Crippen LogP contribution in [0.5, 0.6) is 0 Å². The number of hydrogen-bond acceptors (Lipinski definition) is 4. The van der Waals surface area contributed by atoms with E-state index < -0.39 is 0 Å². The van der Waals surface area contributed by atoms with Crippen LogP contribution in [-0.2, 0) is 0 Å². The minimum absolute atomic E-state index is 0.0156. The van der Waals surface area contributed by atoms with E-state index in [1.165, 1.54) is 11.3 Å². The number of hydrogen-bond donors (Lipinski definition) is 1. The quantitative estimate of drug-likeness (QED) is 0.856. The zero-order chi connectivity index (χ0) is 15.6. The van der Waals surface area contributed by atoms with Crippen molar-refractivity contribution in [1.82, 2.24) is 9.88 Å². The van der Waals surface area contributed by atoms with Crippen LogP contribution in [0.4, 0.5) is 5.69 Å². The van der Waals surface area contributed by atoms with Gasteiger partial charge in [0.1, 0.15) is 4.88 Å². The van der Waals surface area contributed by atoms with Gasteiger partial charge < -0.3 is 10.6 Å². The number of carbonyl (C=O) groups excluding carboxylic acids is 1. The number of amides is 1. The van der Waals surface area contributed by atoms with Crippen LogP contribution < -0.4 is 5.73 Å². The third-order valence-corrected chi connectivity index (χ3v) is 4.80. The lowest BCUT2D eigenvalue weighted by molar-refractivity contribution is 0.0798. The minimum Gasteiger partial charge on any atom is -0.397 e. The van der Waals surface area contributed by atoms with Crippen molar-refractivity contribution >= 4 is 33.0 Å². The van der Waals surface area contributed by atoms with E-state index in [4.69, 9.17) is 5.73 Å². The van der Waals surface area contributed by atoms with Crippen LogP contribution in [0.25, 0.3) is 10.1 Å². The van der Waals surface area contributed by atoms with Gasteiger partial charge in [0, 0.05) is 35.1 Å². The molecule has 0 radical (unpaired) electrons. The van der Waals surface area contributed by atoms with E-state index in [1.54, 1.807) is 4.90 Å². The van der Waals surface area contributed by atoms with Crippen molar-refractivity contribution < 1.29 is 4.79 Å². The number of nitrogens with two attached hydrogens (primary N) is 1. The fraction of sp³-hybridized carbons (Fsp3) is 0.500. The number of pyridine rings is 1. The molecule has 0 bridgehead atoms. The number of thiophene rings is 1. The summed E-state index contributed by atoms with van der Waals surface area (Å²) in [5, 5.41) is 0.927. The summed E-state index contributed by atoms with van der Waals surface area (Å²) in [4.78, 5) is 19.4. The zero-order valence-corrected chi connectivity index (χ0v) is 14.0. The number of carbonyl (C=O) groups is 1. The van der Waals surface area contributed by atoms with Crippen LogP contribution in [0, 0.1) is 13.8 Å². The van der Waals surface area contributed by atoms with E-state index >= 15 is 0 Å². The van der Waals surface area contributed by atoms with Gasteiger partial charge in [0.05, 0.1) is 5.69 Å². The summed E-state index contributed by atoms with van der Waals surface area (Å²) in [5.41, 5.74) is 8.63. The molecule has 2 rings (SSSR count). The Labute approximate surface area is 130 Å². The highest BCUT2D eigenvalue weighted by molar-refractivity contribution is 7.21. The Kier molecular flexibility index (Phi) is 4.83. The van der Waals surface area contributed by atoms with E-state index in [1.807, 2.05) is 27.0 Å². The predicted octanol–water partition coefficient (Wildman–Crippen LogP) is 3.76. The molecule has 0 aliphatic rings. The number of aryl methyl sites for hydroxylation is 2. The molecule has 0 saturated heterocycles. The highest BCUT2D eigenvalue weighted by Gasteiger charge is 2.21. The molecule has 0 saturated carbocycles. The summed E-state index contributed by atoms with van der Waals surface area (Å²) in [6, 6.07) is 2.00. The molecule has 2 N–H and O–H groups in total. The second-order valence-corrected chi connectivity index (χ2v) is 6.55. The SMILES string of the molecule is CCCCCN(C)C(=O)c1sc2cc(C)nc(C)c2c1N. The highest BCUT2D eigenvalue weighted by Crippen LogP contribution is 2.36. The van der Waals surface area contributed by atoms with Gasteiger partial charge in [-0.2, -0.15) is 0 Å². The predicted molar refractivity (Wildman–Crippen MR) is 90.0 cm³/mol. The van der Waals surface area contributed by atoms with Crippen molar-refractivity contribution in [1.29, 1.82) is 0 Å². The summed E-state index contributed by atoms with van der Waals surface area (Å²) in [6.45, 7) is 6.83. The molecule has 0 aliphatic carbocycles. The number of nitrogens with zero attached hydrogens (tertiary/aromatic N) is 2. The number of aromatic nitrogens is 1. The summed E-state index contributed by atoms with van der Waals surface area (Å²) >= 11 is 1.47. The van der Waals surface area contributed by atoms with Crippen molar-refractivity contribution in [2.75, 3.05) is 19.3 Å². The molecule has 4 nitrogen and oxygen atoms in total. The minimum atomic E-state index is 0.0156. The Bertz CT molecular complexity index is 663. The van der Waals surface area contributed by atoms with Gasteiger partial charge in [0.25, 0.3) is 5.91 Å². The number of rotatable bonds is 5. The van der Waals surface area contributed by atoms with Crippen molar-refractivity contribution in [3.8, 4) is 0 Å². The lowest BCUT2D eigenvalue weighted by atomic mass is 10.2. The van der Waals surface area contributed by atoms with Crippen molar-refractivity contribution in [3.05, 3.63) is 22.3 Å². The molecule has 2 aromatic rings. The Morgan fingerprint density at radius 1 is 1.38 bits per heavy atom. The van der Waals surface area contributed by atoms with E-state index in [0.717, 1.165) is 47.3 Å². The van der Waals surface area contributed by atoms with Gasteiger partial charge in [0.2, 0.25) is 0 Å². The number of unbranched alkanes of at least 4 members (excludes halogenated alkanes) is 2. The molecule has 0 aliphatic heterocycles. The van der Waals surface area contributed by atoms with Crippen LogP contribution in [0.1, 0.15) is 47.2 Å². The first-order chi connectivity index (χ1) is 9.95. The molecule has 0 atom stereocenters. The fourth-order valence-electron chi connectivity index (χ4n) is 2.51. The van der Waals surface area contributed by atoms with Gasteiger partial charge in [-0.05, 0) is 26.3 Å². The summed E-state index contributed by atoms with van der Waals surface area (Å²) in [7, 11) is 1.85. The van der Waals surface area contributed by atoms with E-state index in [0.29, 0.717) is 10.6 Å². The average Bonchev–Trinajstić information content (AvgIpc) is 2.75.